The Hall–Kier alpha value is -0.830. The lowest BCUT2D eigenvalue weighted by molar-refractivity contribution is 0.560. The maximum atomic E-state index is 5.99. The van der Waals surface area contributed by atoms with Gasteiger partial charge in [0.1, 0.15) is 0 Å². The minimum absolute atomic E-state index is 0.455. The molecule has 1 atom stereocenters. The molecule has 0 saturated heterocycles. The zero-order valence-corrected chi connectivity index (χ0v) is 13.2. The molecule has 1 N–H and O–H groups in total. The van der Waals surface area contributed by atoms with E-state index in [9.17, 15) is 0 Å². The van der Waals surface area contributed by atoms with Crippen LogP contribution < -0.4 is 5.32 Å². The van der Waals surface area contributed by atoms with Crippen molar-refractivity contribution in [3.05, 3.63) is 56.2 Å². The molecule has 0 saturated carbocycles. The van der Waals surface area contributed by atoms with E-state index in [0.29, 0.717) is 6.04 Å². The fraction of sp³-hybridized carbons (Fsp3) is 0.375. The summed E-state index contributed by atoms with van der Waals surface area (Å²) in [5.41, 5.74) is 4.08. The third-order valence-electron chi connectivity index (χ3n) is 3.25. The fourth-order valence-corrected chi connectivity index (χ4v) is 3.62. The molecule has 3 heteroatoms. The van der Waals surface area contributed by atoms with E-state index in [1.807, 2.05) is 13.1 Å². The second-order valence-electron chi connectivity index (χ2n) is 5.10. The molecule has 0 bridgehead atoms. The zero-order chi connectivity index (χ0) is 13.8. The highest BCUT2D eigenvalue weighted by molar-refractivity contribution is 7.16. The summed E-state index contributed by atoms with van der Waals surface area (Å²) in [5, 5.41) is 3.41. The van der Waals surface area contributed by atoms with Gasteiger partial charge >= 0.3 is 0 Å². The van der Waals surface area contributed by atoms with Crippen LogP contribution >= 0.6 is 22.9 Å². The summed E-state index contributed by atoms with van der Waals surface area (Å²) in [5.74, 6) is 0. The Morgan fingerprint density at radius 1 is 1.11 bits per heavy atom. The van der Waals surface area contributed by atoms with Gasteiger partial charge < -0.3 is 5.32 Å². The van der Waals surface area contributed by atoms with Crippen molar-refractivity contribution in [2.75, 3.05) is 7.05 Å². The number of thiophene rings is 1. The van der Waals surface area contributed by atoms with Crippen molar-refractivity contribution < 1.29 is 0 Å². The predicted molar refractivity (Wildman–Crippen MR) is 85.5 cm³/mol. The van der Waals surface area contributed by atoms with Crippen molar-refractivity contribution in [1.29, 1.82) is 0 Å². The topological polar surface area (TPSA) is 12.0 Å². The molecule has 1 unspecified atom stereocenters. The molecule has 19 heavy (non-hydrogen) atoms. The average Bonchev–Trinajstić information content (AvgIpc) is 2.72. The lowest BCUT2D eigenvalue weighted by atomic mass is 9.99. The highest BCUT2D eigenvalue weighted by Gasteiger charge is 2.10. The van der Waals surface area contributed by atoms with Gasteiger partial charge in [0, 0.05) is 10.9 Å². The Kier molecular flexibility index (Phi) is 5.03. The van der Waals surface area contributed by atoms with Gasteiger partial charge in [-0.3, -0.25) is 0 Å². The molecule has 2 aromatic rings. The largest absolute Gasteiger partial charge is 0.316 e. The minimum Gasteiger partial charge on any atom is -0.316 e. The Bertz CT molecular complexity index is 527. The van der Waals surface area contributed by atoms with Crippen LogP contribution in [0.15, 0.2) is 30.3 Å². The molecule has 0 aliphatic carbocycles. The normalized spacial score (nSPS) is 12.6. The lowest BCUT2D eigenvalue weighted by Crippen LogP contribution is -2.29. The van der Waals surface area contributed by atoms with Gasteiger partial charge in [-0.1, -0.05) is 40.9 Å². The Labute approximate surface area is 124 Å². The molecule has 0 radical (unpaired) electrons. The van der Waals surface area contributed by atoms with E-state index < -0.39 is 0 Å². The van der Waals surface area contributed by atoms with Crippen LogP contribution in [0.1, 0.15) is 21.6 Å². The Balaban J connectivity index is 2.06. The number of rotatable bonds is 5. The zero-order valence-electron chi connectivity index (χ0n) is 11.7. The van der Waals surface area contributed by atoms with Crippen LogP contribution in [0.2, 0.25) is 4.34 Å². The number of aryl methyl sites for hydroxylation is 2. The highest BCUT2D eigenvalue weighted by Crippen LogP contribution is 2.23. The van der Waals surface area contributed by atoms with Crippen molar-refractivity contribution in [1.82, 2.24) is 5.32 Å². The van der Waals surface area contributed by atoms with Gasteiger partial charge in [-0.2, -0.15) is 0 Å². The Morgan fingerprint density at radius 2 is 1.79 bits per heavy atom. The molecular formula is C16H20ClNS. The summed E-state index contributed by atoms with van der Waals surface area (Å²) >= 11 is 7.66. The summed E-state index contributed by atoms with van der Waals surface area (Å²) in [4.78, 5) is 1.34. The van der Waals surface area contributed by atoms with Crippen molar-refractivity contribution in [3.8, 4) is 0 Å². The van der Waals surface area contributed by atoms with Gasteiger partial charge in [-0.05, 0) is 51.4 Å². The molecule has 1 aromatic carbocycles. The van der Waals surface area contributed by atoms with Gasteiger partial charge in [0.25, 0.3) is 0 Å². The van der Waals surface area contributed by atoms with Crippen LogP contribution in [0.3, 0.4) is 0 Å². The second-order valence-corrected chi connectivity index (χ2v) is 6.90. The lowest BCUT2D eigenvalue weighted by Gasteiger charge is -2.16. The molecule has 0 aliphatic rings. The fourth-order valence-electron chi connectivity index (χ4n) is 2.45. The molecule has 0 fully saturated rings. The first-order chi connectivity index (χ1) is 9.06. The quantitative estimate of drug-likeness (QED) is 0.862. The maximum absolute atomic E-state index is 5.99. The first kappa shape index (κ1) is 14.6. The van der Waals surface area contributed by atoms with Crippen molar-refractivity contribution in [2.24, 2.45) is 0 Å². The third-order valence-corrected chi connectivity index (χ3v) is 4.50. The first-order valence-corrected chi connectivity index (χ1v) is 7.75. The minimum atomic E-state index is 0.455. The predicted octanol–water partition coefficient (Wildman–Crippen LogP) is 4.39. The van der Waals surface area contributed by atoms with Gasteiger partial charge in [-0.25, -0.2) is 0 Å². The van der Waals surface area contributed by atoms with E-state index in [2.05, 4.69) is 43.4 Å². The van der Waals surface area contributed by atoms with Crippen LogP contribution in [-0.2, 0) is 12.8 Å². The van der Waals surface area contributed by atoms with E-state index in [0.717, 1.165) is 17.2 Å². The second kappa shape index (κ2) is 6.56. The number of likely N-dealkylation sites (N-methyl/N-ethyl adjacent to an activating group) is 1. The third kappa shape index (κ3) is 4.34. The number of benzene rings is 1. The average molecular weight is 294 g/mol. The molecule has 1 nitrogen and oxygen atoms in total. The van der Waals surface area contributed by atoms with Crippen molar-refractivity contribution >= 4 is 22.9 Å². The standard InChI is InChI=1S/C16H20ClNS/c1-11-6-12(2)8-13(7-11)9-14(18-3)10-15-4-5-16(17)19-15/h4-8,14,18H,9-10H2,1-3H3. The van der Waals surface area contributed by atoms with Crippen LogP contribution in [-0.4, -0.2) is 13.1 Å². The molecule has 1 aromatic heterocycles. The number of hydrogen-bond acceptors (Lipinski definition) is 2. The number of hydrogen-bond donors (Lipinski definition) is 1. The molecule has 0 aliphatic heterocycles. The highest BCUT2D eigenvalue weighted by atomic mass is 35.5. The molecule has 0 spiro atoms. The molecule has 0 amide bonds. The smallest absolute Gasteiger partial charge is 0.0931 e. The van der Waals surface area contributed by atoms with Crippen LogP contribution in [0.4, 0.5) is 0 Å². The van der Waals surface area contributed by atoms with E-state index in [1.54, 1.807) is 11.3 Å². The van der Waals surface area contributed by atoms with Gasteiger partial charge in [0.05, 0.1) is 4.34 Å². The molecular weight excluding hydrogens is 274 g/mol. The summed E-state index contributed by atoms with van der Waals surface area (Å²) in [6.45, 7) is 4.31. The number of halogens is 1. The number of nitrogens with one attached hydrogen (secondary N) is 1. The van der Waals surface area contributed by atoms with Gasteiger partial charge in [0.15, 0.2) is 0 Å². The summed E-state index contributed by atoms with van der Waals surface area (Å²) < 4.78 is 0.872. The van der Waals surface area contributed by atoms with E-state index in [-0.39, 0.29) is 0 Å². The molecule has 102 valence electrons. The summed E-state index contributed by atoms with van der Waals surface area (Å²) in [6.07, 6.45) is 2.08. The van der Waals surface area contributed by atoms with Crippen molar-refractivity contribution in [3.63, 3.8) is 0 Å². The first-order valence-electron chi connectivity index (χ1n) is 6.55. The summed E-state index contributed by atoms with van der Waals surface area (Å²) in [7, 11) is 2.03. The van der Waals surface area contributed by atoms with Crippen LogP contribution in [0, 0.1) is 13.8 Å². The monoisotopic (exact) mass is 293 g/mol. The van der Waals surface area contributed by atoms with Crippen LogP contribution in [0.5, 0.6) is 0 Å². The van der Waals surface area contributed by atoms with Crippen LogP contribution in [0.25, 0.3) is 0 Å². The van der Waals surface area contributed by atoms with E-state index >= 15 is 0 Å². The maximum Gasteiger partial charge on any atom is 0.0931 e. The molecule has 1 heterocycles. The SMILES string of the molecule is CNC(Cc1cc(C)cc(C)c1)Cc1ccc(Cl)s1. The van der Waals surface area contributed by atoms with Crippen molar-refractivity contribution in [2.45, 2.75) is 32.7 Å². The summed E-state index contributed by atoms with van der Waals surface area (Å²) in [6, 6.07) is 11.3. The van der Waals surface area contributed by atoms with Gasteiger partial charge in [-0.15, -0.1) is 11.3 Å². The van der Waals surface area contributed by atoms with Gasteiger partial charge in [0.2, 0.25) is 0 Å². The van der Waals surface area contributed by atoms with E-state index in [4.69, 9.17) is 11.6 Å². The Morgan fingerprint density at radius 3 is 2.32 bits per heavy atom. The van der Waals surface area contributed by atoms with E-state index in [1.165, 1.54) is 21.6 Å². The molecule has 2 rings (SSSR count).